The van der Waals surface area contributed by atoms with Crippen LogP contribution in [-0.2, 0) is 6.54 Å². The maximum Gasteiger partial charge on any atom is 0.259 e. The first-order valence-electron chi connectivity index (χ1n) is 7.00. The standard InChI is InChI=1S/C15H15N5O/c1-11-13-4-2-6-18(13)8-9-19(11)15(21)12-10-17-20-7-3-5-16-14(12)20/h2-7,10-11H,8-9H2,1H3/t11-/m0/s1. The molecule has 106 valence electrons. The summed E-state index contributed by atoms with van der Waals surface area (Å²) < 4.78 is 3.83. The Balaban J connectivity index is 1.72. The van der Waals surface area contributed by atoms with Crippen molar-refractivity contribution < 1.29 is 4.79 Å². The summed E-state index contributed by atoms with van der Waals surface area (Å²) in [5, 5.41) is 4.20. The number of fused-ring (bicyclic) bond motifs is 2. The van der Waals surface area contributed by atoms with E-state index in [4.69, 9.17) is 0 Å². The van der Waals surface area contributed by atoms with Crippen LogP contribution in [0.3, 0.4) is 0 Å². The molecule has 3 aromatic rings. The fourth-order valence-electron chi connectivity index (χ4n) is 2.99. The molecule has 0 N–H and O–H groups in total. The van der Waals surface area contributed by atoms with Crippen LogP contribution in [0.15, 0.2) is 43.0 Å². The smallest absolute Gasteiger partial charge is 0.259 e. The number of hydrogen-bond donors (Lipinski definition) is 0. The lowest BCUT2D eigenvalue weighted by Gasteiger charge is -2.34. The zero-order valence-electron chi connectivity index (χ0n) is 11.7. The third kappa shape index (κ3) is 1.75. The molecule has 1 aliphatic rings. The van der Waals surface area contributed by atoms with E-state index in [9.17, 15) is 4.79 Å². The molecule has 0 bridgehead atoms. The molecule has 0 saturated carbocycles. The molecule has 0 aromatic carbocycles. The molecule has 0 fully saturated rings. The van der Waals surface area contributed by atoms with Crippen LogP contribution in [-0.4, -0.2) is 36.5 Å². The van der Waals surface area contributed by atoms with Crippen LogP contribution >= 0.6 is 0 Å². The lowest BCUT2D eigenvalue weighted by Crippen LogP contribution is -2.40. The van der Waals surface area contributed by atoms with Crippen LogP contribution in [0, 0.1) is 0 Å². The van der Waals surface area contributed by atoms with Crippen molar-refractivity contribution in [3.8, 4) is 0 Å². The summed E-state index contributed by atoms with van der Waals surface area (Å²) in [6, 6.07) is 5.94. The average molecular weight is 281 g/mol. The molecule has 6 heteroatoms. The number of nitrogens with zero attached hydrogens (tertiary/aromatic N) is 5. The highest BCUT2D eigenvalue weighted by Gasteiger charge is 2.29. The number of aromatic nitrogens is 4. The fourth-order valence-corrected chi connectivity index (χ4v) is 2.99. The summed E-state index contributed by atoms with van der Waals surface area (Å²) >= 11 is 0. The van der Waals surface area contributed by atoms with Gasteiger partial charge in [-0.15, -0.1) is 0 Å². The van der Waals surface area contributed by atoms with Gasteiger partial charge in [0.05, 0.1) is 12.2 Å². The second kappa shape index (κ2) is 4.44. The Kier molecular flexibility index (Phi) is 2.57. The number of hydrogen-bond acceptors (Lipinski definition) is 3. The number of amides is 1. The summed E-state index contributed by atoms with van der Waals surface area (Å²) in [5.41, 5.74) is 2.33. The van der Waals surface area contributed by atoms with Crippen LogP contribution in [0.5, 0.6) is 0 Å². The zero-order chi connectivity index (χ0) is 14.4. The molecule has 6 nitrogen and oxygen atoms in total. The van der Waals surface area contributed by atoms with Crippen molar-refractivity contribution in [1.29, 1.82) is 0 Å². The van der Waals surface area contributed by atoms with Crippen molar-refractivity contribution in [2.24, 2.45) is 0 Å². The van der Waals surface area contributed by atoms with Crippen molar-refractivity contribution >= 4 is 11.6 Å². The second-order valence-corrected chi connectivity index (χ2v) is 5.25. The predicted octanol–water partition coefficient (Wildman–Crippen LogP) is 1.75. The third-order valence-electron chi connectivity index (χ3n) is 4.11. The SMILES string of the molecule is C[C@H]1c2cccn2CCN1C(=O)c1cnn2cccnc12. The Morgan fingerprint density at radius 1 is 1.29 bits per heavy atom. The second-order valence-electron chi connectivity index (χ2n) is 5.25. The Labute approximate surface area is 121 Å². The van der Waals surface area contributed by atoms with Gasteiger partial charge in [0.2, 0.25) is 0 Å². The van der Waals surface area contributed by atoms with E-state index in [0.29, 0.717) is 17.8 Å². The average Bonchev–Trinajstić information content (AvgIpc) is 3.14. The molecule has 0 unspecified atom stereocenters. The predicted molar refractivity (Wildman–Crippen MR) is 76.9 cm³/mol. The maximum atomic E-state index is 12.8. The van der Waals surface area contributed by atoms with Gasteiger partial charge in [0.15, 0.2) is 5.65 Å². The van der Waals surface area contributed by atoms with Crippen LogP contribution in [0.4, 0.5) is 0 Å². The quantitative estimate of drug-likeness (QED) is 0.683. The van der Waals surface area contributed by atoms with Gasteiger partial charge >= 0.3 is 0 Å². The molecule has 0 spiro atoms. The lowest BCUT2D eigenvalue weighted by molar-refractivity contribution is 0.0646. The van der Waals surface area contributed by atoms with Crippen molar-refractivity contribution in [3.63, 3.8) is 0 Å². The van der Waals surface area contributed by atoms with Gasteiger partial charge in [-0.2, -0.15) is 5.10 Å². The first-order valence-corrected chi connectivity index (χ1v) is 7.00. The lowest BCUT2D eigenvalue weighted by atomic mass is 10.1. The Morgan fingerprint density at radius 3 is 3.10 bits per heavy atom. The first-order chi connectivity index (χ1) is 10.3. The van der Waals surface area contributed by atoms with E-state index in [2.05, 4.69) is 33.8 Å². The highest BCUT2D eigenvalue weighted by molar-refractivity contribution is 5.99. The molecule has 4 rings (SSSR count). The first kappa shape index (κ1) is 12.1. The van der Waals surface area contributed by atoms with Gasteiger partial charge in [-0.1, -0.05) is 0 Å². The Bertz CT molecular complexity index is 818. The van der Waals surface area contributed by atoms with Gasteiger partial charge in [0.25, 0.3) is 5.91 Å². The topological polar surface area (TPSA) is 55.4 Å². The van der Waals surface area contributed by atoms with Crippen molar-refractivity contribution in [3.05, 3.63) is 54.2 Å². The van der Waals surface area contributed by atoms with Crippen LogP contribution in [0.2, 0.25) is 0 Å². The monoisotopic (exact) mass is 281 g/mol. The van der Waals surface area contributed by atoms with Crippen molar-refractivity contribution in [1.82, 2.24) is 24.1 Å². The van der Waals surface area contributed by atoms with E-state index >= 15 is 0 Å². The van der Waals surface area contributed by atoms with Gasteiger partial charge < -0.3 is 9.47 Å². The van der Waals surface area contributed by atoms with Crippen LogP contribution in [0.25, 0.3) is 5.65 Å². The number of rotatable bonds is 1. The third-order valence-corrected chi connectivity index (χ3v) is 4.11. The van der Waals surface area contributed by atoms with Crippen molar-refractivity contribution in [2.45, 2.75) is 19.5 Å². The minimum atomic E-state index is -0.0105. The summed E-state index contributed by atoms with van der Waals surface area (Å²) in [6.07, 6.45) is 7.14. The molecule has 21 heavy (non-hydrogen) atoms. The van der Waals surface area contributed by atoms with E-state index in [0.717, 1.165) is 6.54 Å². The number of carbonyl (C=O) groups is 1. The molecule has 4 heterocycles. The van der Waals surface area contributed by atoms with Crippen LogP contribution in [0.1, 0.15) is 29.0 Å². The molecular weight excluding hydrogens is 266 g/mol. The van der Waals surface area contributed by atoms with Gasteiger partial charge in [-0.25, -0.2) is 9.50 Å². The summed E-state index contributed by atoms with van der Waals surface area (Å²) in [6.45, 7) is 3.58. The van der Waals surface area contributed by atoms with E-state index in [1.807, 2.05) is 11.0 Å². The van der Waals surface area contributed by atoms with Crippen molar-refractivity contribution in [2.75, 3.05) is 6.54 Å². The highest BCUT2D eigenvalue weighted by Crippen LogP contribution is 2.27. The van der Waals surface area contributed by atoms with Gasteiger partial charge in [-0.3, -0.25) is 4.79 Å². The van der Waals surface area contributed by atoms with Crippen LogP contribution < -0.4 is 0 Å². The highest BCUT2D eigenvalue weighted by atomic mass is 16.2. The molecule has 1 aliphatic heterocycles. The van der Waals surface area contributed by atoms with Gasteiger partial charge in [-0.05, 0) is 25.1 Å². The van der Waals surface area contributed by atoms with E-state index in [1.54, 1.807) is 29.2 Å². The van der Waals surface area contributed by atoms with Gasteiger partial charge in [0, 0.05) is 37.4 Å². The molecule has 1 amide bonds. The molecule has 1 atom stereocenters. The fraction of sp³-hybridized carbons (Fsp3) is 0.267. The molecule has 3 aromatic heterocycles. The molecule has 0 saturated heterocycles. The normalized spacial score (nSPS) is 18.0. The maximum absolute atomic E-state index is 12.8. The Morgan fingerprint density at radius 2 is 2.19 bits per heavy atom. The summed E-state index contributed by atoms with van der Waals surface area (Å²) in [5.74, 6) is -0.0105. The Hall–Kier alpha value is -2.63. The summed E-state index contributed by atoms with van der Waals surface area (Å²) in [7, 11) is 0. The summed E-state index contributed by atoms with van der Waals surface area (Å²) in [4.78, 5) is 19.0. The largest absolute Gasteiger partial charge is 0.348 e. The van der Waals surface area contributed by atoms with E-state index in [-0.39, 0.29) is 11.9 Å². The van der Waals surface area contributed by atoms with E-state index < -0.39 is 0 Å². The van der Waals surface area contributed by atoms with Gasteiger partial charge in [0.1, 0.15) is 5.56 Å². The molecule has 0 aliphatic carbocycles. The zero-order valence-corrected chi connectivity index (χ0v) is 11.7. The van der Waals surface area contributed by atoms with E-state index in [1.165, 1.54) is 5.69 Å². The molecular formula is C15H15N5O. The minimum Gasteiger partial charge on any atom is -0.348 e. The molecule has 0 radical (unpaired) electrons. The number of carbonyl (C=O) groups excluding carboxylic acids is 1. The minimum absolute atomic E-state index is 0.0105.